The maximum Gasteiger partial charge on any atom is 0.239 e. The third kappa shape index (κ3) is 1.91. The number of hydrogen-bond donors (Lipinski definition) is 2. The van der Waals surface area contributed by atoms with E-state index in [0.717, 1.165) is 25.9 Å². The average molecular weight is 197 g/mol. The van der Waals surface area contributed by atoms with Crippen molar-refractivity contribution in [3.05, 3.63) is 0 Å². The molecule has 1 saturated heterocycles. The minimum Gasteiger partial charge on any atom is -0.368 e. The zero-order chi connectivity index (χ0) is 10.2. The van der Waals surface area contributed by atoms with Gasteiger partial charge in [0, 0.05) is 12.6 Å². The third-order valence-electron chi connectivity index (χ3n) is 3.21. The van der Waals surface area contributed by atoms with Crippen molar-refractivity contribution >= 4 is 5.91 Å². The van der Waals surface area contributed by atoms with Gasteiger partial charge in [-0.1, -0.05) is 0 Å². The highest BCUT2D eigenvalue weighted by molar-refractivity contribution is 5.85. The fourth-order valence-electron chi connectivity index (χ4n) is 2.28. The minimum atomic E-state index is -0.450. The smallest absolute Gasteiger partial charge is 0.239 e. The van der Waals surface area contributed by atoms with Gasteiger partial charge in [-0.3, -0.25) is 10.1 Å². The first kappa shape index (κ1) is 9.93. The Hall–Kier alpha value is -0.610. The lowest BCUT2D eigenvalue weighted by Crippen LogP contribution is -2.64. The van der Waals surface area contributed by atoms with Crippen LogP contribution in [0.15, 0.2) is 0 Å². The molecular weight excluding hydrogens is 178 g/mol. The van der Waals surface area contributed by atoms with E-state index in [9.17, 15) is 4.79 Å². The van der Waals surface area contributed by atoms with E-state index in [0.29, 0.717) is 6.04 Å². The number of likely N-dealkylation sites (N-methyl/N-ethyl adjacent to an activating group) is 1. The number of hydrogen-bond acceptors (Lipinski definition) is 3. The summed E-state index contributed by atoms with van der Waals surface area (Å²) in [6.07, 6.45) is 4.33. The van der Waals surface area contributed by atoms with E-state index in [1.807, 2.05) is 7.05 Å². The first-order valence-corrected chi connectivity index (χ1v) is 5.38. The fraction of sp³-hybridized carbons (Fsp3) is 0.900. The first-order valence-electron chi connectivity index (χ1n) is 5.38. The predicted octanol–water partition coefficient (Wildman–Crippen LogP) is -0.312. The number of amides is 1. The summed E-state index contributed by atoms with van der Waals surface area (Å²) in [4.78, 5) is 13.7. The summed E-state index contributed by atoms with van der Waals surface area (Å²) in [6, 6.07) is 0.536. The second kappa shape index (κ2) is 3.51. The third-order valence-corrected chi connectivity index (χ3v) is 3.21. The van der Waals surface area contributed by atoms with E-state index in [2.05, 4.69) is 10.2 Å². The molecule has 14 heavy (non-hydrogen) atoms. The maximum absolute atomic E-state index is 11.5. The molecule has 1 aliphatic carbocycles. The molecule has 2 fully saturated rings. The number of nitrogens with two attached hydrogens (primary N) is 1. The molecule has 0 aromatic heterocycles. The van der Waals surface area contributed by atoms with Crippen LogP contribution in [0.4, 0.5) is 0 Å². The van der Waals surface area contributed by atoms with Crippen molar-refractivity contribution in [3.8, 4) is 0 Å². The molecule has 1 unspecified atom stereocenters. The number of likely N-dealkylation sites (tertiary alicyclic amines) is 1. The van der Waals surface area contributed by atoms with Crippen LogP contribution in [0.2, 0.25) is 0 Å². The van der Waals surface area contributed by atoms with E-state index in [-0.39, 0.29) is 5.91 Å². The Morgan fingerprint density at radius 1 is 1.57 bits per heavy atom. The molecule has 4 nitrogen and oxygen atoms in total. The molecule has 1 aliphatic heterocycles. The Morgan fingerprint density at radius 3 is 2.79 bits per heavy atom. The van der Waals surface area contributed by atoms with Crippen LogP contribution in [-0.2, 0) is 4.79 Å². The molecule has 0 aromatic rings. The number of nitrogens with zero attached hydrogens (tertiary/aromatic N) is 1. The van der Waals surface area contributed by atoms with Crippen LogP contribution < -0.4 is 11.1 Å². The molecule has 2 rings (SSSR count). The summed E-state index contributed by atoms with van der Waals surface area (Å²) in [5.74, 6) is -0.184. The molecule has 2 aliphatic rings. The van der Waals surface area contributed by atoms with Crippen LogP contribution in [0.1, 0.15) is 25.7 Å². The van der Waals surface area contributed by atoms with E-state index < -0.39 is 5.54 Å². The lowest BCUT2D eigenvalue weighted by atomic mass is 9.88. The van der Waals surface area contributed by atoms with Gasteiger partial charge in [0.05, 0.1) is 0 Å². The predicted molar refractivity (Wildman–Crippen MR) is 54.8 cm³/mol. The quantitative estimate of drug-likeness (QED) is 0.652. The van der Waals surface area contributed by atoms with Gasteiger partial charge in [0.15, 0.2) is 0 Å². The van der Waals surface area contributed by atoms with Crippen molar-refractivity contribution < 1.29 is 4.79 Å². The second-order valence-electron chi connectivity index (χ2n) is 4.71. The van der Waals surface area contributed by atoms with Gasteiger partial charge in [-0.25, -0.2) is 0 Å². The van der Waals surface area contributed by atoms with Gasteiger partial charge in [0.2, 0.25) is 5.91 Å². The number of carbonyl (C=O) groups excluding carboxylic acids is 1. The summed E-state index contributed by atoms with van der Waals surface area (Å²) in [5, 5.41) is 3.42. The van der Waals surface area contributed by atoms with E-state index >= 15 is 0 Å². The summed E-state index contributed by atoms with van der Waals surface area (Å²) >= 11 is 0. The molecule has 1 saturated carbocycles. The molecule has 0 spiro atoms. The molecule has 0 aromatic carbocycles. The van der Waals surface area contributed by atoms with Crippen LogP contribution in [0, 0.1) is 0 Å². The van der Waals surface area contributed by atoms with Crippen LogP contribution in [0.3, 0.4) is 0 Å². The van der Waals surface area contributed by atoms with Crippen molar-refractivity contribution in [3.63, 3.8) is 0 Å². The van der Waals surface area contributed by atoms with Crippen LogP contribution >= 0.6 is 0 Å². The fourth-order valence-corrected chi connectivity index (χ4v) is 2.28. The van der Waals surface area contributed by atoms with Crippen molar-refractivity contribution in [2.75, 3.05) is 20.1 Å². The zero-order valence-electron chi connectivity index (χ0n) is 8.75. The Morgan fingerprint density at radius 2 is 2.29 bits per heavy atom. The van der Waals surface area contributed by atoms with Gasteiger partial charge in [-0.2, -0.15) is 0 Å². The molecule has 1 atom stereocenters. The molecule has 0 bridgehead atoms. The van der Waals surface area contributed by atoms with Crippen molar-refractivity contribution in [1.29, 1.82) is 0 Å². The largest absolute Gasteiger partial charge is 0.368 e. The number of piperidine rings is 1. The van der Waals surface area contributed by atoms with Crippen LogP contribution in [0.5, 0.6) is 0 Å². The average Bonchev–Trinajstić information content (AvgIpc) is 2.88. The summed E-state index contributed by atoms with van der Waals surface area (Å²) < 4.78 is 0. The number of nitrogens with one attached hydrogen (secondary N) is 1. The van der Waals surface area contributed by atoms with Crippen molar-refractivity contribution in [1.82, 2.24) is 10.2 Å². The highest BCUT2D eigenvalue weighted by Gasteiger charge is 2.43. The standard InChI is InChI=1S/C10H19N3O/c1-13-6-2-5-10(7-13,9(11)14)12-8-3-4-8/h8,12H,2-7H2,1H3,(H2,11,14). The topological polar surface area (TPSA) is 58.4 Å². The summed E-state index contributed by atoms with van der Waals surface area (Å²) in [7, 11) is 2.05. The molecule has 1 amide bonds. The van der Waals surface area contributed by atoms with Crippen molar-refractivity contribution in [2.24, 2.45) is 5.73 Å². The molecule has 1 heterocycles. The lowest BCUT2D eigenvalue weighted by Gasteiger charge is -2.40. The summed E-state index contributed by atoms with van der Waals surface area (Å²) in [5.41, 5.74) is 5.06. The molecule has 4 heteroatoms. The number of rotatable bonds is 3. The van der Waals surface area contributed by atoms with Crippen molar-refractivity contribution in [2.45, 2.75) is 37.3 Å². The van der Waals surface area contributed by atoms with Gasteiger partial charge in [-0.15, -0.1) is 0 Å². The molecule has 80 valence electrons. The van der Waals surface area contributed by atoms with Crippen LogP contribution in [-0.4, -0.2) is 42.5 Å². The number of carbonyl (C=O) groups is 1. The maximum atomic E-state index is 11.5. The second-order valence-corrected chi connectivity index (χ2v) is 4.71. The number of primary amides is 1. The molecular formula is C10H19N3O. The molecule has 0 radical (unpaired) electrons. The van der Waals surface area contributed by atoms with E-state index in [1.54, 1.807) is 0 Å². The van der Waals surface area contributed by atoms with Crippen LogP contribution in [0.25, 0.3) is 0 Å². The Balaban J connectivity index is 2.06. The van der Waals surface area contributed by atoms with Gasteiger partial charge in [-0.05, 0) is 39.3 Å². The SMILES string of the molecule is CN1CCCC(NC2CC2)(C(N)=O)C1. The van der Waals surface area contributed by atoms with E-state index in [1.165, 1.54) is 12.8 Å². The minimum absolute atomic E-state index is 0.184. The highest BCUT2D eigenvalue weighted by Crippen LogP contribution is 2.27. The van der Waals surface area contributed by atoms with E-state index in [4.69, 9.17) is 5.73 Å². The van der Waals surface area contributed by atoms with Gasteiger partial charge >= 0.3 is 0 Å². The molecule has 3 N–H and O–H groups in total. The van der Waals surface area contributed by atoms with Gasteiger partial charge < -0.3 is 10.6 Å². The zero-order valence-corrected chi connectivity index (χ0v) is 8.75. The Labute approximate surface area is 84.8 Å². The van der Waals surface area contributed by atoms with Gasteiger partial charge in [0.1, 0.15) is 5.54 Å². The monoisotopic (exact) mass is 197 g/mol. The summed E-state index contributed by atoms with van der Waals surface area (Å²) in [6.45, 7) is 1.83. The first-order chi connectivity index (χ1) is 6.62. The Kier molecular flexibility index (Phi) is 2.49. The normalized spacial score (nSPS) is 34.4. The lowest BCUT2D eigenvalue weighted by molar-refractivity contribution is -0.126. The highest BCUT2D eigenvalue weighted by atomic mass is 16.1. The Bertz CT molecular complexity index is 236. The van der Waals surface area contributed by atoms with Gasteiger partial charge in [0.25, 0.3) is 0 Å².